The minimum absolute atomic E-state index is 0.151. The number of para-hydroxylation sites is 1. The van der Waals surface area contributed by atoms with E-state index in [-0.39, 0.29) is 5.60 Å². The number of hydrogen-bond acceptors (Lipinski definition) is 2. The Bertz CT molecular complexity index is 468. The monoisotopic (exact) mass is 273 g/mol. The highest BCUT2D eigenvalue weighted by atomic mass is 16.5. The molecular formula is C18H27NO. The number of rotatable bonds is 3. The fraction of sp³-hybridized carbons (Fsp3) is 0.667. The molecule has 0 spiro atoms. The molecule has 3 atom stereocenters. The Kier molecular flexibility index (Phi) is 3.76. The maximum atomic E-state index is 6.11. The van der Waals surface area contributed by atoms with Crippen LogP contribution in [0.1, 0.15) is 58.1 Å². The van der Waals surface area contributed by atoms with E-state index in [1.807, 2.05) is 0 Å². The molecule has 0 bridgehead atoms. The minimum Gasteiger partial charge on any atom is -0.486 e. The Morgan fingerprint density at radius 1 is 1.20 bits per heavy atom. The van der Waals surface area contributed by atoms with Crippen molar-refractivity contribution in [3.8, 4) is 5.75 Å². The van der Waals surface area contributed by atoms with Gasteiger partial charge in [0.05, 0.1) is 6.04 Å². The van der Waals surface area contributed by atoms with Gasteiger partial charge in [0.2, 0.25) is 0 Å². The predicted octanol–water partition coefficient (Wildman–Crippen LogP) is 4.31. The zero-order chi connectivity index (χ0) is 14.2. The molecule has 0 saturated heterocycles. The second-order valence-electron chi connectivity index (χ2n) is 7.11. The van der Waals surface area contributed by atoms with Crippen molar-refractivity contribution in [2.45, 2.75) is 58.1 Å². The van der Waals surface area contributed by atoms with Crippen LogP contribution in [-0.2, 0) is 0 Å². The first-order valence-corrected chi connectivity index (χ1v) is 8.09. The third-order valence-corrected chi connectivity index (χ3v) is 5.17. The molecule has 1 aliphatic heterocycles. The molecule has 1 N–H and O–H groups in total. The summed E-state index contributed by atoms with van der Waals surface area (Å²) in [6.45, 7) is 7.91. The third-order valence-electron chi connectivity index (χ3n) is 5.17. The number of hydrogen-bond donors (Lipinski definition) is 1. The first-order valence-electron chi connectivity index (χ1n) is 8.09. The minimum atomic E-state index is -0.151. The van der Waals surface area contributed by atoms with Crippen LogP contribution in [0.3, 0.4) is 0 Å². The van der Waals surface area contributed by atoms with Crippen molar-refractivity contribution >= 4 is 0 Å². The summed E-state index contributed by atoms with van der Waals surface area (Å²) in [5.74, 6) is 2.73. The first kappa shape index (κ1) is 13.9. The Morgan fingerprint density at radius 2 is 1.95 bits per heavy atom. The van der Waals surface area contributed by atoms with Gasteiger partial charge in [0.15, 0.2) is 0 Å². The third kappa shape index (κ3) is 2.58. The van der Waals surface area contributed by atoms with E-state index in [0.29, 0.717) is 6.04 Å². The van der Waals surface area contributed by atoms with E-state index in [9.17, 15) is 0 Å². The van der Waals surface area contributed by atoms with Gasteiger partial charge in [-0.05, 0) is 44.7 Å². The van der Waals surface area contributed by atoms with Gasteiger partial charge in [-0.15, -0.1) is 0 Å². The van der Waals surface area contributed by atoms with E-state index >= 15 is 0 Å². The van der Waals surface area contributed by atoms with E-state index in [4.69, 9.17) is 4.74 Å². The molecule has 1 heterocycles. The molecule has 1 aromatic rings. The van der Waals surface area contributed by atoms with Crippen molar-refractivity contribution in [2.24, 2.45) is 11.8 Å². The van der Waals surface area contributed by atoms with Crippen LogP contribution in [0.5, 0.6) is 5.75 Å². The molecule has 2 aliphatic rings. The molecule has 1 fully saturated rings. The highest BCUT2D eigenvalue weighted by molar-refractivity contribution is 5.42. The van der Waals surface area contributed by atoms with Gasteiger partial charge in [0.25, 0.3) is 0 Å². The van der Waals surface area contributed by atoms with Gasteiger partial charge in [-0.2, -0.15) is 0 Å². The number of fused-ring (bicyclic) bond motifs is 1. The largest absolute Gasteiger partial charge is 0.486 e. The molecule has 0 amide bonds. The smallest absolute Gasteiger partial charge is 0.125 e. The van der Waals surface area contributed by atoms with Crippen molar-refractivity contribution < 1.29 is 4.74 Å². The Morgan fingerprint density at radius 3 is 2.75 bits per heavy atom. The summed E-state index contributed by atoms with van der Waals surface area (Å²) in [6, 6.07) is 8.77. The Balaban J connectivity index is 1.70. The summed E-state index contributed by atoms with van der Waals surface area (Å²) >= 11 is 0. The standard InChI is InChI=1S/C18H27NO/c1-13-8-4-5-9-14(13)12-19-17-15-10-6-7-11-16(15)20-18(17,2)3/h6-7,10-11,13-14,17,19H,4-5,8-9,12H2,1-3H3. The average molecular weight is 273 g/mol. The lowest BCUT2D eigenvalue weighted by Crippen LogP contribution is -2.42. The van der Waals surface area contributed by atoms with Gasteiger partial charge in [-0.25, -0.2) is 0 Å². The molecule has 3 unspecified atom stereocenters. The summed E-state index contributed by atoms with van der Waals surface area (Å²) in [5.41, 5.74) is 1.17. The second kappa shape index (κ2) is 5.40. The molecule has 3 rings (SSSR count). The fourth-order valence-electron chi connectivity index (χ4n) is 3.85. The second-order valence-corrected chi connectivity index (χ2v) is 7.11. The number of benzene rings is 1. The number of ether oxygens (including phenoxy) is 1. The predicted molar refractivity (Wildman–Crippen MR) is 83.0 cm³/mol. The summed E-state index contributed by atoms with van der Waals surface area (Å²) in [4.78, 5) is 0. The van der Waals surface area contributed by atoms with Gasteiger partial charge in [-0.3, -0.25) is 0 Å². The lowest BCUT2D eigenvalue weighted by Gasteiger charge is -2.33. The molecule has 0 aromatic heterocycles. The van der Waals surface area contributed by atoms with Crippen molar-refractivity contribution in [1.82, 2.24) is 5.32 Å². The normalized spacial score (nSPS) is 31.6. The van der Waals surface area contributed by atoms with Crippen LogP contribution < -0.4 is 10.1 Å². The van der Waals surface area contributed by atoms with Crippen LogP contribution >= 0.6 is 0 Å². The SMILES string of the molecule is CC1CCCCC1CNC1c2ccccc2OC1(C)C. The van der Waals surface area contributed by atoms with Crippen molar-refractivity contribution in [1.29, 1.82) is 0 Å². The van der Waals surface area contributed by atoms with Gasteiger partial charge in [-0.1, -0.05) is 44.4 Å². The fourth-order valence-corrected chi connectivity index (χ4v) is 3.85. The summed E-state index contributed by atoms with van der Waals surface area (Å²) in [6.07, 6.45) is 5.59. The van der Waals surface area contributed by atoms with Crippen LogP contribution in [0.25, 0.3) is 0 Å². The van der Waals surface area contributed by atoms with Crippen molar-refractivity contribution in [2.75, 3.05) is 6.54 Å². The van der Waals surface area contributed by atoms with Crippen molar-refractivity contribution in [3.63, 3.8) is 0 Å². The summed E-state index contributed by atoms with van der Waals surface area (Å²) in [7, 11) is 0. The summed E-state index contributed by atoms with van der Waals surface area (Å²) < 4.78 is 6.11. The van der Waals surface area contributed by atoms with Crippen LogP contribution in [0.2, 0.25) is 0 Å². The van der Waals surface area contributed by atoms with E-state index in [0.717, 1.165) is 24.1 Å². The highest BCUT2D eigenvalue weighted by Crippen LogP contribution is 2.43. The number of nitrogens with one attached hydrogen (secondary N) is 1. The molecule has 1 aliphatic carbocycles. The molecular weight excluding hydrogens is 246 g/mol. The quantitative estimate of drug-likeness (QED) is 0.886. The maximum Gasteiger partial charge on any atom is 0.125 e. The maximum absolute atomic E-state index is 6.11. The zero-order valence-electron chi connectivity index (χ0n) is 13.0. The van der Waals surface area contributed by atoms with E-state index in [1.54, 1.807) is 0 Å². The zero-order valence-corrected chi connectivity index (χ0v) is 13.0. The van der Waals surface area contributed by atoms with E-state index in [1.165, 1.54) is 31.2 Å². The van der Waals surface area contributed by atoms with Crippen LogP contribution in [-0.4, -0.2) is 12.1 Å². The van der Waals surface area contributed by atoms with Crippen LogP contribution in [0, 0.1) is 11.8 Å². The highest BCUT2D eigenvalue weighted by Gasteiger charge is 2.41. The molecule has 2 nitrogen and oxygen atoms in total. The molecule has 110 valence electrons. The first-order chi connectivity index (χ1) is 9.58. The van der Waals surface area contributed by atoms with Gasteiger partial charge < -0.3 is 10.1 Å². The van der Waals surface area contributed by atoms with Crippen LogP contribution in [0.4, 0.5) is 0 Å². The summed E-state index contributed by atoms with van der Waals surface area (Å²) in [5, 5.41) is 3.80. The Hall–Kier alpha value is -1.02. The Labute approximate surface area is 122 Å². The molecule has 20 heavy (non-hydrogen) atoms. The average Bonchev–Trinajstić information content (AvgIpc) is 2.68. The van der Waals surface area contributed by atoms with Crippen LogP contribution in [0.15, 0.2) is 24.3 Å². The molecule has 1 aromatic carbocycles. The van der Waals surface area contributed by atoms with Crippen molar-refractivity contribution in [3.05, 3.63) is 29.8 Å². The molecule has 2 heteroatoms. The van der Waals surface area contributed by atoms with Gasteiger partial charge in [0, 0.05) is 5.56 Å². The van der Waals surface area contributed by atoms with Gasteiger partial charge >= 0.3 is 0 Å². The topological polar surface area (TPSA) is 21.3 Å². The molecule has 1 saturated carbocycles. The molecule has 0 radical (unpaired) electrons. The lowest BCUT2D eigenvalue weighted by atomic mass is 9.80. The van der Waals surface area contributed by atoms with Gasteiger partial charge in [0.1, 0.15) is 11.4 Å². The lowest BCUT2D eigenvalue weighted by molar-refractivity contribution is 0.0909. The van der Waals surface area contributed by atoms with E-state index < -0.39 is 0 Å². The van der Waals surface area contributed by atoms with E-state index in [2.05, 4.69) is 50.4 Å².